The van der Waals surface area contributed by atoms with Gasteiger partial charge in [0.2, 0.25) is 5.91 Å². The van der Waals surface area contributed by atoms with Gasteiger partial charge in [-0.05, 0) is 38.5 Å². The number of aliphatic hydroxyl groups excluding tert-OH is 3. The van der Waals surface area contributed by atoms with Crippen molar-refractivity contribution in [2.45, 2.75) is 392 Å². The molecule has 0 heterocycles. The van der Waals surface area contributed by atoms with E-state index in [0.29, 0.717) is 12.8 Å². The second kappa shape index (κ2) is 60.6. The topological polar surface area (TPSA) is 89.8 Å². The number of carbonyl (C=O) groups excluding carboxylic acids is 1. The predicted octanol–water partition coefficient (Wildman–Crippen LogP) is 20.6. The Morgan fingerprint density at radius 2 is 0.571 bits per heavy atom. The maximum absolute atomic E-state index is 12.5. The first-order valence-electron chi connectivity index (χ1n) is 32.5. The van der Waals surface area contributed by atoms with Gasteiger partial charge in [-0.1, -0.05) is 341 Å². The molecule has 0 bridgehead atoms. The normalized spacial score (nSPS) is 13.2. The molecule has 0 aromatic heterocycles. The van der Waals surface area contributed by atoms with E-state index in [4.69, 9.17) is 0 Å². The number of unbranched alkanes of at least 4 members (excludes halogenated alkanes) is 51. The molecule has 0 aromatic rings. The van der Waals surface area contributed by atoms with Gasteiger partial charge < -0.3 is 20.6 Å². The molecule has 0 saturated carbocycles. The summed E-state index contributed by atoms with van der Waals surface area (Å²) in [6.07, 6.45) is 77.0. The van der Waals surface area contributed by atoms with Crippen molar-refractivity contribution in [2.24, 2.45) is 0 Å². The van der Waals surface area contributed by atoms with Crippen LogP contribution in [0.1, 0.15) is 373 Å². The molecule has 1 amide bonds. The molecule has 3 atom stereocenters. The first-order valence-corrected chi connectivity index (χ1v) is 32.5. The summed E-state index contributed by atoms with van der Waals surface area (Å²) in [5.41, 5.74) is 0. The van der Waals surface area contributed by atoms with Gasteiger partial charge >= 0.3 is 0 Å². The summed E-state index contributed by atoms with van der Waals surface area (Å²) in [6, 6.07) is -0.823. The number of hydrogen-bond acceptors (Lipinski definition) is 4. The fraction of sp³-hybridized carbons (Fsp3) is 0.954. The molecule has 0 aromatic carbocycles. The lowest BCUT2D eigenvalue weighted by Gasteiger charge is -2.26. The Labute approximate surface area is 440 Å². The number of allylic oxidation sites excluding steroid dienone is 2. The average Bonchev–Trinajstić information content (AvgIpc) is 3.36. The molecule has 418 valence electrons. The third-order valence-electron chi connectivity index (χ3n) is 15.6. The molecule has 5 heteroatoms. The van der Waals surface area contributed by atoms with Gasteiger partial charge in [0.25, 0.3) is 0 Å². The number of hydrogen-bond donors (Lipinski definition) is 4. The Kier molecular flexibility index (Phi) is 59.9. The van der Waals surface area contributed by atoms with Gasteiger partial charge in [-0.2, -0.15) is 0 Å². The van der Waals surface area contributed by atoms with Crippen LogP contribution < -0.4 is 5.32 Å². The number of rotatable bonds is 61. The first-order chi connectivity index (χ1) is 34.6. The summed E-state index contributed by atoms with van der Waals surface area (Å²) in [5.74, 6) is -0.145. The van der Waals surface area contributed by atoms with Crippen LogP contribution in [-0.2, 0) is 4.79 Å². The van der Waals surface area contributed by atoms with E-state index in [1.54, 1.807) is 0 Å². The van der Waals surface area contributed by atoms with Crippen molar-refractivity contribution in [1.29, 1.82) is 0 Å². The molecular formula is C65H129NO4. The van der Waals surface area contributed by atoms with Crippen LogP contribution in [0.25, 0.3) is 0 Å². The van der Waals surface area contributed by atoms with E-state index >= 15 is 0 Å². The zero-order valence-electron chi connectivity index (χ0n) is 47.9. The molecule has 5 nitrogen and oxygen atoms in total. The van der Waals surface area contributed by atoms with E-state index in [1.165, 1.54) is 308 Å². The van der Waals surface area contributed by atoms with Gasteiger partial charge in [-0.25, -0.2) is 0 Å². The number of amides is 1. The minimum absolute atomic E-state index is 0.145. The molecule has 0 rings (SSSR count). The number of carbonyl (C=O) groups is 1. The van der Waals surface area contributed by atoms with E-state index in [2.05, 4.69) is 31.3 Å². The van der Waals surface area contributed by atoms with Crippen molar-refractivity contribution < 1.29 is 20.1 Å². The average molecular weight is 989 g/mol. The van der Waals surface area contributed by atoms with Gasteiger partial charge in [-0.3, -0.25) is 4.79 Å². The van der Waals surface area contributed by atoms with Crippen LogP contribution in [0.2, 0.25) is 0 Å². The molecular weight excluding hydrogens is 859 g/mol. The Hall–Kier alpha value is -0.910. The number of nitrogens with one attached hydrogen (secondary N) is 1. The lowest BCUT2D eigenvalue weighted by Crippen LogP contribution is -2.50. The second-order valence-corrected chi connectivity index (χ2v) is 22.7. The van der Waals surface area contributed by atoms with Crippen LogP contribution in [0.5, 0.6) is 0 Å². The van der Waals surface area contributed by atoms with Gasteiger partial charge in [0, 0.05) is 6.42 Å². The SMILES string of the molecule is CCCCCCCCCCCCCCCCCC/C=C/CCCC(O)C(O)C(CO)NC(=O)CCCCCCCCCCCCCCCCCCCCCCCCCCCCCCCCCCCCC. The highest BCUT2D eigenvalue weighted by atomic mass is 16.3. The predicted molar refractivity (Wildman–Crippen MR) is 310 cm³/mol. The van der Waals surface area contributed by atoms with Crippen LogP contribution in [-0.4, -0.2) is 46.1 Å². The molecule has 0 aliphatic carbocycles. The maximum Gasteiger partial charge on any atom is 0.220 e. The maximum atomic E-state index is 12.5. The highest BCUT2D eigenvalue weighted by molar-refractivity contribution is 5.76. The van der Waals surface area contributed by atoms with Crippen LogP contribution in [0, 0.1) is 0 Å². The van der Waals surface area contributed by atoms with E-state index < -0.39 is 18.2 Å². The third kappa shape index (κ3) is 54.9. The van der Waals surface area contributed by atoms with Gasteiger partial charge in [-0.15, -0.1) is 0 Å². The summed E-state index contributed by atoms with van der Waals surface area (Å²) in [7, 11) is 0. The Morgan fingerprint density at radius 3 is 0.829 bits per heavy atom. The second-order valence-electron chi connectivity index (χ2n) is 22.7. The van der Waals surface area contributed by atoms with E-state index in [-0.39, 0.29) is 12.5 Å². The molecule has 0 radical (unpaired) electrons. The molecule has 0 saturated heterocycles. The fourth-order valence-corrected chi connectivity index (χ4v) is 10.6. The minimum atomic E-state index is -1.16. The standard InChI is InChI=1S/C65H129NO4/c1-3-5-7-9-11-13-15-17-19-21-23-25-26-27-28-29-30-31-32-33-34-35-36-37-38-40-42-44-46-48-50-52-54-56-58-60-64(69)66-62(61-67)65(70)63(68)59-57-55-53-51-49-47-45-43-41-39-24-22-20-18-16-14-12-10-8-6-4-2/h51,53,62-63,65,67-68,70H,3-50,52,54-61H2,1-2H3,(H,66,69)/b53-51+. The van der Waals surface area contributed by atoms with Crippen molar-refractivity contribution in [3.63, 3.8) is 0 Å². The van der Waals surface area contributed by atoms with E-state index in [1.807, 2.05) is 0 Å². The van der Waals surface area contributed by atoms with Crippen molar-refractivity contribution in [1.82, 2.24) is 5.32 Å². The summed E-state index contributed by atoms with van der Waals surface area (Å²) >= 11 is 0. The molecule has 0 spiro atoms. The van der Waals surface area contributed by atoms with Gasteiger partial charge in [0.05, 0.1) is 18.8 Å². The first kappa shape index (κ1) is 69.1. The zero-order valence-corrected chi connectivity index (χ0v) is 47.9. The molecule has 4 N–H and O–H groups in total. The Bertz CT molecular complexity index is 1000. The monoisotopic (exact) mass is 988 g/mol. The Balaban J connectivity index is 3.45. The van der Waals surface area contributed by atoms with E-state index in [0.717, 1.165) is 38.5 Å². The highest BCUT2D eigenvalue weighted by Crippen LogP contribution is 2.19. The highest BCUT2D eigenvalue weighted by Gasteiger charge is 2.26. The largest absolute Gasteiger partial charge is 0.394 e. The molecule has 0 fully saturated rings. The van der Waals surface area contributed by atoms with Gasteiger partial charge in [0.15, 0.2) is 0 Å². The smallest absolute Gasteiger partial charge is 0.220 e. The summed E-state index contributed by atoms with van der Waals surface area (Å²) < 4.78 is 0. The lowest BCUT2D eigenvalue weighted by molar-refractivity contribution is -0.124. The zero-order chi connectivity index (χ0) is 50.7. The summed E-state index contributed by atoms with van der Waals surface area (Å²) in [6.45, 7) is 4.22. The third-order valence-corrected chi connectivity index (χ3v) is 15.6. The number of aliphatic hydroxyl groups is 3. The van der Waals surface area contributed by atoms with Crippen LogP contribution >= 0.6 is 0 Å². The van der Waals surface area contributed by atoms with Crippen LogP contribution in [0.4, 0.5) is 0 Å². The molecule has 0 aliphatic rings. The van der Waals surface area contributed by atoms with Crippen LogP contribution in [0.3, 0.4) is 0 Å². The quantitative estimate of drug-likeness (QED) is 0.0361. The van der Waals surface area contributed by atoms with E-state index in [9.17, 15) is 20.1 Å². The van der Waals surface area contributed by atoms with Crippen molar-refractivity contribution in [2.75, 3.05) is 6.61 Å². The lowest BCUT2D eigenvalue weighted by atomic mass is 10.0. The van der Waals surface area contributed by atoms with Crippen molar-refractivity contribution in [3.05, 3.63) is 12.2 Å². The van der Waals surface area contributed by atoms with Crippen molar-refractivity contribution in [3.8, 4) is 0 Å². The van der Waals surface area contributed by atoms with Crippen LogP contribution in [0.15, 0.2) is 12.2 Å². The molecule has 0 aliphatic heterocycles. The summed E-state index contributed by atoms with van der Waals surface area (Å²) in [5, 5.41) is 33.8. The van der Waals surface area contributed by atoms with Crippen molar-refractivity contribution >= 4 is 5.91 Å². The molecule has 3 unspecified atom stereocenters. The Morgan fingerprint density at radius 1 is 0.343 bits per heavy atom. The van der Waals surface area contributed by atoms with Gasteiger partial charge in [0.1, 0.15) is 6.10 Å². The molecule has 70 heavy (non-hydrogen) atoms. The fourth-order valence-electron chi connectivity index (χ4n) is 10.6. The summed E-state index contributed by atoms with van der Waals surface area (Å²) in [4.78, 5) is 12.5. The minimum Gasteiger partial charge on any atom is -0.394 e.